The standard InChI is InChI=1S/C24H18ClN7O/c25-16-3-5-18(26)21(12-16)31-23(33)22-11-15-10-17(4-6-19(15)30-22)29-24-28-9-7-20(32-24)14-2-1-8-27-13-14/h1-13,30H,26H2,(H,31,33)(H,28,29,32). The number of nitrogens with one attached hydrogen (secondary N) is 3. The van der Waals surface area contributed by atoms with E-state index in [2.05, 4.69) is 30.6 Å². The molecule has 33 heavy (non-hydrogen) atoms. The monoisotopic (exact) mass is 455 g/mol. The number of nitrogens with two attached hydrogens (primary N) is 1. The summed E-state index contributed by atoms with van der Waals surface area (Å²) in [5.41, 5.74) is 10.5. The van der Waals surface area contributed by atoms with E-state index in [1.165, 1.54) is 0 Å². The van der Waals surface area contributed by atoms with Crippen LogP contribution in [0.2, 0.25) is 5.02 Å². The van der Waals surface area contributed by atoms with E-state index in [-0.39, 0.29) is 5.91 Å². The van der Waals surface area contributed by atoms with Crippen LogP contribution in [-0.4, -0.2) is 25.8 Å². The molecule has 0 aliphatic heterocycles. The molecule has 0 saturated heterocycles. The van der Waals surface area contributed by atoms with Crippen LogP contribution >= 0.6 is 11.6 Å². The average molecular weight is 456 g/mol. The lowest BCUT2D eigenvalue weighted by Crippen LogP contribution is -2.13. The van der Waals surface area contributed by atoms with Gasteiger partial charge < -0.3 is 21.4 Å². The van der Waals surface area contributed by atoms with Crippen LogP contribution in [0.3, 0.4) is 0 Å². The fourth-order valence-electron chi connectivity index (χ4n) is 3.38. The molecule has 9 heteroatoms. The Morgan fingerprint density at radius 1 is 1.03 bits per heavy atom. The Hall–Kier alpha value is -4.43. The third-order valence-corrected chi connectivity index (χ3v) is 5.23. The smallest absolute Gasteiger partial charge is 0.272 e. The highest BCUT2D eigenvalue weighted by Gasteiger charge is 2.12. The highest BCUT2D eigenvalue weighted by molar-refractivity contribution is 6.31. The van der Waals surface area contributed by atoms with Gasteiger partial charge in [-0.25, -0.2) is 9.97 Å². The summed E-state index contributed by atoms with van der Waals surface area (Å²) in [6.07, 6.45) is 5.16. The van der Waals surface area contributed by atoms with Crippen LogP contribution in [-0.2, 0) is 0 Å². The zero-order chi connectivity index (χ0) is 22.8. The number of halogens is 1. The van der Waals surface area contributed by atoms with Gasteiger partial charge in [0.1, 0.15) is 5.69 Å². The van der Waals surface area contributed by atoms with Crippen LogP contribution in [0.4, 0.5) is 23.0 Å². The number of pyridine rings is 1. The first-order valence-electron chi connectivity index (χ1n) is 10.0. The number of nitrogen functional groups attached to an aromatic ring is 1. The van der Waals surface area contributed by atoms with Crippen LogP contribution in [0.5, 0.6) is 0 Å². The summed E-state index contributed by atoms with van der Waals surface area (Å²) in [5, 5.41) is 7.34. The highest BCUT2D eigenvalue weighted by Crippen LogP contribution is 2.26. The Balaban J connectivity index is 1.36. The molecule has 8 nitrogen and oxygen atoms in total. The second kappa shape index (κ2) is 8.60. The summed E-state index contributed by atoms with van der Waals surface area (Å²) in [7, 11) is 0. The average Bonchev–Trinajstić information content (AvgIpc) is 3.26. The highest BCUT2D eigenvalue weighted by atomic mass is 35.5. The predicted octanol–water partition coefficient (Wildman–Crippen LogP) is 5.25. The van der Waals surface area contributed by atoms with Crippen LogP contribution in [0.1, 0.15) is 10.5 Å². The Morgan fingerprint density at radius 2 is 1.94 bits per heavy atom. The first-order valence-corrected chi connectivity index (χ1v) is 10.4. The SMILES string of the molecule is Nc1ccc(Cl)cc1NC(=O)c1cc2cc(Nc3nccc(-c4cccnc4)n3)ccc2[nH]1. The van der Waals surface area contributed by atoms with Gasteiger partial charge in [0.25, 0.3) is 5.91 Å². The lowest BCUT2D eigenvalue weighted by atomic mass is 10.2. The van der Waals surface area contributed by atoms with Crippen molar-refractivity contribution in [3.05, 3.63) is 90.0 Å². The minimum Gasteiger partial charge on any atom is -0.397 e. The van der Waals surface area contributed by atoms with Crippen molar-refractivity contribution in [1.82, 2.24) is 19.9 Å². The number of rotatable bonds is 5. The summed E-state index contributed by atoms with van der Waals surface area (Å²) in [4.78, 5) is 28.8. The molecular weight excluding hydrogens is 438 g/mol. The van der Waals surface area contributed by atoms with Crippen molar-refractivity contribution in [3.8, 4) is 11.3 Å². The molecule has 0 aliphatic carbocycles. The number of aromatic nitrogens is 4. The molecule has 0 saturated carbocycles. The second-order valence-electron chi connectivity index (χ2n) is 7.30. The molecule has 2 aromatic carbocycles. The van der Waals surface area contributed by atoms with E-state index in [1.807, 2.05) is 36.4 Å². The van der Waals surface area contributed by atoms with Gasteiger partial charge in [-0.3, -0.25) is 9.78 Å². The Kier molecular flexibility index (Phi) is 5.34. The van der Waals surface area contributed by atoms with Gasteiger partial charge in [0, 0.05) is 45.8 Å². The number of hydrogen-bond acceptors (Lipinski definition) is 6. The number of hydrogen-bond donors (Lipinski definition) is 4. The summed E-state index contributed by atoms with van der Waals surface area (Å²) in [6.45, 7) is 0. The number of H-pyrrole nitrogens is 1. The molecule has 1 amide bonds. The third kappa shape index (κ3) is 4.46. The molecule has 5 aromatic rings. The third-order valence-electron chi connectivity index (χ3n) is 5.00. The number of carbonyl (C=O) groups is 1. The van der Waals surface area contributed by atoms with Crippen molar-refractivity contribution in [3.63, 3.8) is 0 Å². The molecule has 162 valence electrons. The Bertz CT molecular complexity index is 1470. The number of fused-ring (bicyclic) bond motifs is 1. The van der Waals surface area contributed by atoms with E-state index < -0.39 is 0 Å². The van der Waals surface area contributed by atoms with Crippen molar-refractivity contribution < 1.29 is 4.79 Å². The zero-order valence-corrected chi connectivity index (χ0v) is 18.0. The minimum absolute atomic E-state index is 0.317. The first kappa shape index (κ1) is 20.5. The Labute approximate surface area is 193 Å². The van der Waals surface area contributed by atoms with Crippen molar-refractivity contribution in [2.75, 3.05) is 16.4 Å². The van der Waals surface area contributed by atoms with E-state index in [1.54, 1.807) is 42.9 Å². The lowest BCUT2D eigenvalue weighted by molar-refractivity contribution is 0.102. The normalized spacial score (nSPS) is 10.8. The largest absolute Gasteiger partial charge is 0.397 e. The molecule has 3 aromatic heterocycles. The fraction of sp³-hybridized carbons (Fsp3) is 0. The van der Waals surface area contributed by atoms with E-state index in [0.29, 0.717) is 28.0 Å². The van der Waals surface area contributed by atoms with E-state index in [4.69, 9.17) is 17.3 Å². The first-order chi connectivity index (χ1) is 16.0. The molecule has 3 heterocycles. The van der Waals surface area contributed by atoms with Crippen molar-refractivity contribution >= 4 is 51.4 Å². The molecule has 0 atom stereocenters. The van der Waals surface area contributed by atoms with Gasteiger partial charge in [-0.1, -0.05) is 11.6 Å². The van der Waals surface area contributed by atoms with Crippen LogP contribution in [0, 0.1) is 0 Å². The van der Waals surface area contributed by atoms with Crippen LogP contribution < -0.4 is 16.4 Å². The topological polar surface area (TPSA) is 122 Å². The zero-order valence-electron chi connectivity index (χ0n) is 17.2. The summed E-state index contributed by atoms with van der Waals surface area (Å²) in [5.74, 6) is 0.141. The molecular formula is C24H18ClN7O. The quantitative estimate of drug-likeness (QED) is 0.268. The summed E-state index contributed by atoms with van der Waals surface area (Å²) < 4.78 is 0. The van der Waals surface area contributed by atoms with E-state index in [0.717, 1.165) is 27.8 Å². The number of anilines is 4. The van der Waals surface area contributed by atoms with Gasteiger partial charge >= 0.3 is 0 Å². The molecule has 0 aliphatic rings. The molecule has 5 rings (SSSR count). The van der Waals surface area contributed by atoms with E-state index in [9.17, 15) is 4.79 Å². The van der Waals surface area contributed by atoms with Crippen molar-refractivity contribution in [1.29, 1.82) is 0 Å². The van der Waals surface area contributed by atoms with Crippen molar-refractivity contribution in [2.45, 2.75) is 0 Å². The van der Waals surface area contributed by atoms with Gasteiger partial charge in [0.2, 0.25) is 5.95 Å². The molecule has 0 radical (unpaired) electrons. The molecule has 0 spiro atoms. The second-order valence-corrected chi connectivity index (χ2v) is 7.74. The van der Waals surface area contributed by atoms with E-state index >= 15 is 0 Å². The van der Waals surface area contributed by atoms with Crippen molar-refractivity contribution in [2.24, 2.45) is 0 Å². The number of nitrogens with zero attached hydrogens (tertiary/aromatic N) is 3. The molecule has 0 unspecified atom stereocenters. The molecule has 0 bridgehead atoms. The van der Waals surface area contributed by atoms with Crippen LogP contribution in [0.15, 0.2) is 79.3 Å². The maximum atomic E-state index is 12.7. The molecule has 0 fully saturated rings. The fourth-order valence-corrected chi connectivity index (χ4v) is 3.55. The molecule has 5 N–H and O–H groups in total. The van der Waals surface area contributed by atoms with Gasteiger partial charge in [-0.2, -0.15) is 0 Å². The van der Waals surface area contributed by atoms with Gasteiger partial charge in [-0.05, 0) is 60.7 Å². The number of aromatic amines is 1. The lowest BCUT2D eigenvalue weighted by Gasteiger charge is -2.07. The van der Waals surface area contributed by atoms with Gasteiger partial charge in [-0.15, -0.1) is 0 Å². The summed E-state index contributed by atoms with van der Waals surface area (Å²) >= 11 is 6.00. The number of benzene rings is 2. The maximum Gasteiger partial charge on any atom is 0.272 e. The van der Waals surface area contributed by atoms with Gasteiger partial charge in [0.05, 0.1) is 17.1 Å². The van der Waals surface area contributed by atoms with Gasteiger partial charge in [0.15, 0.2) is 0 Å². The number of carbonyl (C=O) groups excluding carboxylic acids is 1. The summed E-state index contributed by atoms with van der Waals surface area (Å²) in [6, 6.07) is 18.0. The van der Waals surface area contributed by atoms with Crippen LogP contribution in [0.25, 0.3) is 22.2 Å². The Morgan fingerprint density at radius 3 is 2.79 bits per heavy atom. The minimum atomic E-state index is -0.317. The predicted molar refractivity (Wildman–Crippen MR) is 131 cm³/mol. The number of amides is 1. The maximum absolute atomic E-state index is 12.7.